The summed E-state index contributed by atoms with van der Waals surface area (Å²) in [5.74, 6) is 0.604. The summed E-state index contributed by atoms with van der Waals surface area (Å²) in [6.07, 6.45) is 1.25. The Hall–Kier alpha value is -1.24. The van der Waals surface area contributed by atoms with Gasteiger partial charge in [0, 0.05) is 6.54 Å². The van der Waals surface area contributed by atoms with Crippen LogP contribution in [-0.4, -0.2) is 29.2 Å². The van der Waals surface area contributed by atoms with E-state index < -0.39 is 0 Å². The molecule has 17 heavy (non-hydrogen) atoms. The Morgan fingerprint density at radius 2 is 2.53 bits per heavy atom. The lowest BCUT2D eigenvalue weighted by atomic mass is 10.3. The fourth-order valence-corrected chi connectivity index (χ4v) is 2.68. The van der Waals surface area contributed by atoms with Crippen molar-refractivity contribution in [1.29, 1.82) is 0 Å². The number of hydrogen-bond donors (Lipinski definition) is 2. The molecule has 6 heteroatoms. The van der Waals surface area contributed by atoms with E-state index >= 15 is 0 Å². The lowest BCUT2D eigenvalue weighted by Gasteiger charge is -2.09. The molecule has 3 rings (SSSR count). The predicted molar refractivity (Wildman–Crippen MR) is 66.3 cm³/mol. The highest BCUT2D eigenvalue weighted by molar-refractivity contribution is 7.17. The van der Waals surface area contributed by atoms with Gasteiger partial charge in [-0.25, -0.2) is 4.98 Å². The Labute approximate surface area is 102 Å². The van der Waals surface area contributed by atoms with Gasteiger partial charge in [-0.2, -0.15) is 0 Å². The normalized spacial score (nSPS) is 20.1. The average Bonchev–Trinajstić information content (AvgIpc) is 2.97. The van der Waals surface area contributed by atoms with Crippen LogP contribution in [0.4, 0.5) is 0 Å². The molecule has 1 unspecified atom stereocenters. The van der Waals surface area contributed by atoms with E-state index in [-0.39, 0.29) is 11.7 Å². The first-order chi connectivity index (χ1) is 8.33. The number of thiophene rings is 1. The van der Waals surface area contributed by atoms with Crippen molar-refractivity contribution in [3.8, 4) is 0 Å². The molecule has 0 radical (unpaired) electrons. The van der Waals surface area contributed by atoms with Gasteiger partial charge in [0.2, 0.25) is 0 Å². The summed E-state index contributed by atoms with van der Waals surface area (Å²) in [6.45, 7) is 2.25. The van der Waals surface area contributed by atoms with Crippen molar-refractivity contribution in [2.24, 2.45) is 0 Å². The van der Waals surface area contributed by atoms with Crippen LogP contribution in [0.25, 0.3) is 10.2 Å². The van der Waals surface area contributed by atoms with Crippen LogP contribution in [0.3, 0.4) is 0 Å². The first kappa shape index (κ1) is 10.9. The number of H-pyrrole nitrogens is 1. The molecule has 1 aliphatic heterocycles. The summed E-state index contributed by atoms with van der Waals surface area (Å²) in [5, 5.41) is 5.10. The standard InChI is InChI=1S/C11H13N3O2S/c15-11-10-8(2-4-17-10)13-9(14-11)6-16-7-1-3-12-5-7/h2,4,7,12H,1,3,5-6H2,(H,13,14,15). The van der Waals surface area contributed by atoms with E-state index in [0.717, 1.165) is 25.0 Å². The maximum Gasteiger partial charge on any atom is 0.268 e. The Morgan fingerprint density at radius 3 is 3.35 bits per heavy atom. The van der Waals surface area contributed by atoms with Crippen molar-refractivity contribution in [3.05, 3.63) is 27.6 Å². The molecule has 0 bridgehead atoms. The van der Waals surface area contributed by atoms with Crippen LogP contribution in [0, 0.1) is 0 Å². The minimum absolute atomic E-state index is 0.0758. The van der Waals surface area contributed by atoms with Gasteiger partial charge < -0.3 is 15.0 Å². The first-order valence-electron chi connectivity index (χ1n) is 5.61. The van der Waals surface area contributed by atoms with E-state index in [2.05, 4.69) is 15.3 Å². The van der Waals surface area contributed by atoms with Gasteiger partial charge in [-0.1, -0.05) is 0 Å². The van der Waals surface area contributed by atoms with Crippen molar-refractivity contribution in [2.75, 3.05) is 13.1 Å². The molecular weight excluding hydrogens is 238 g/mol. The maximum atomic E-state index is 11.7. The SMILES string of the molecule is O=c1[nH]c(COC2CCNC2)nc2ccsc12. The Kier molecular flexibility index (Phi) is 2.92. The first-order valence-corrected chi connectivity index (χ1v) is 6.49. The number of hydrogen-bond acceptors (Lipinski definition) is 5. The molecule has 1 saturated heterocycles. The summed E-state index contributed by atoms with van der Waals surface area (Å²) in [5.41, 5.74) is 0.676. The Morgan fingerprint density at radius 1 is 1.59 bits per heavy atom. The molecule has 3 heterocycles. The Balaban J connectivity index is 1.78. The quantitative estimate of drug-likeness (QED) is 0.849. The van der Waals surface area contributed by atoms with Gasteiger partial charge in [-0.05, 0) is 24.4 Å². The van der Waals surface area contributed by atoms with Gasteiger partial charge in [0.15, 0.2) is 0 Å². The molecular formula is C11H13N3O2S. The Bertz CT molecular complexity index is 571. The number of aromatic nitrogens is 2. The van der Waals surface area contributed by atoms with Gasteiger partial charge in [0.1, 0.15) is 17.1 Å². The number of rotatable bonds is 3. The van der Waals surface area contributed by atoms with E-state index in [4.69, 9.17) is 4.74 Å². The number of nitrogens with one attached hydrogen (secondary N) is 2. The third-order valence-corrected chi connectivity index (χ3v) is 3.74. The molecule has 0 saturated carbocycles. The lowest BCUT2D eigenvalue weighted by Crippen LogP contribution is -2.18. The predicted octanol–water partition coefficient (Wildman–Crippen LogP) is 0.863. The maximum absolute atomic E-state index is 11.7. The highest BCUT2D eigenvalue weighted by Crippen LogP contribution is 2.14. The molecule has 0 aromatic carbocycles. The van der Waals surface area contributed by atoms with Gasteiger partial charge in [-0.15, -0.1) is 11.3 Å². The van der Waals surface area contributed by atoms with Crippen LogP contribution in [-0.2, 0) is 11.3 Å². The molecule has 1 fully saturated rings. The van der Waals surface area contributed by atoms with Crippen LogP contribution in [0.2, 0.25) is 0 Å². The summed E-state index contributed by atoms with van der Waals surface area (Å²) in [7, 11) is 0. The molecule has 1 atom stereocenters. The van der Waals surface area contributed by atoms with Gasteiger partial charge in [0.05, 0.1) is 11.6 Å². The summed E-state index contributed by atoms with van der Waals surface area (Å²) < 4.78 is 6.35. The molecule has 2 N–H and O–H groups in total. The van der Waals surface area contributed by atoms with Crippen molar-refractivity contribution in [3.63, 3.8) is 0 Å². The summed E-state index contributed by atoms with van der Waals surface area (Å²) in [6, 6.07) is 1.86. The molecule has 1 aliphatic rings. The van der Waals surface area contributed by atoms with Gasteiger partial charge >= 0.3 is 0 Å². The second-order valence-corrected chi connectivity index (χ2v) is 4.99. The van der Waals surface area contributed by atoms with Crippen molar-refractivity contribution in [1.82, 2.24) is 15.3 Å². The zero-order valence-electron chi connectivity index (χ0n) is 9.23. The number of ether oxygens (including phenoxy) is 1. The number of nitrogens with zero attached hydrogens (tertiary/aromatic N) is 1. The van der Waals surface area contributed by atoms with E-state index in [1.807, 2.05) is 11.4 Å². The zero-order valence-corrected chi connectivity index (χ0v) is 10.0. The largest absolute Gasteiger partial charge is 0.369 e. The average molecular weight is 251 g/mol. The minimum atomic E-state index is -0.0758. The highest BCUT2D eigenvalue weighted by Gasteiger charge is 2.15. The van der Waals surface area contributed by atoms with Crippen LogP contribution < -0.4 is 10.9 Å². The number of fused-ring (bicyclic) bond motifs is 1. The third-order valence-electron chi connectivity index (χ3n) is 2.83. The fourth-order valence-electron chi connectivity index (χ4n) is 1.96. The summed E-state index contributed by atoms with van der Waals surface area (Å²) >= 11 is 1.41. The van der Waals surface area contributed by atoms with E-state index in [1.54, 1.807) is 0 Å². The fraction of sp³-hybridized carbons (Fsp3) is 0.455. The van der Waals surface area contributed by atoms with Crippen molar-refractivity contribution in [2.45, 2.75) is 19.1 Å². The smallest absolute Gasteiger partial charge is 0.268 e. The zero-order chi connectivity index (χ0) is 11.7. The molecule has 0 aliphatic carbocycles. The van der Waals surface area contributed by atoms with Gasteiger partial charge in [0.25, 0.3) is 5.56 Å². The van der Waals surface area contributed by atoms with E-state index in [1.165, 1.54) is 11.3 Å². The van der Waals surface area contributed by atoms with Crippen LogP contribution in [0.15, 0.2) is 16.2 Å². The lowest BCUT2D eigenvalue weighted by molar-refractivity contribution is 0.0501. The van der Waals surface area contributed by atoms with E-state index in [0.29, 0.717) is 17.1 Å². The molecule has 2 aromatic rings. The molecule has 2 aromatic heterocycles. The van der Waals surface area contributed by atoms with Crippen molar-refractivity contribution >= 4 is 21.6 Å². The van der Waals surface area contributed by atoms with Crippen LogP contribution >= 0.6 is 11.3 Å². The summed E-state index contributed by atoms with van der Waals surface area (Å²) in [4.78, 5) is 18.8. The van der Waals surface area contributed by atoms with Crippen LogP contribution in [0.1, 0.15) is 12.2 Å². The van der Waals surface area contributed by atoms with E-state index in [9.17, 15) is 4.79 Å². The minimum Gasteiger partial charge on any atom is -0.369 e. The molecule has 0 spiro atoms. The monoisotopic (exact) mass is 251 g/mol. The molecule has 0 amide bonds. The molecule has 5 nitrogen and oxygen atoms in total. The van der Waals surface area contributed by atoms with Crippen molar-refractivity contribution < 1.29 is 4.74 Å². The topological polar surface area (TPSA) is 67.0 Å². The third kappa shape index (κ3) is 2.24. The second-order valence-electron chi connectivity index (χ2n) is 4.07. The number of aromatic amines is 1. The van der Waals surface area contributed by atoms with Crippen LogP contribution in [0.5, 0.6) is 0 Å². The van der Waals surface area contributed by atoms with Gasteiger partial charge in [-0.3, -0.25) is 4.79 Å². The second kappa shape index (κ2) is 4.56. The highest BCUT2D eigenvalue weighted by atomic mass is 32.1. The molecule has 90 valence electrons.